The fourth-order valence-electron chi connectivity index (χ4n) is 2.90. The average Bonchev–Trinajstić information content (AvgIpc) is 2.72. The van der Waals surface area contributed by atoms with Crippen molar-refractivity contribution >= 4 is 47.8 Å². The van der Waals surface area contributed by atoms with Crippen molar-refractivity contribution in [1.82, 2.24) is 19.6 Å². The van der Waals surface area contributed by atoms with Crippen LogP contribution < -0.4 is 30.6 Å². The summed E-state index contributed by atoms with van der Waals surface area (Å²) in [6.45, 7) is -6.00. The number of carboxylic acids is 8. The van der Waals surface area contributed by atoms with Gasteiger partial charge in [-0.25, -0.2) is 0 Å². The molecule has 0 fully saturated rings. The zero-order valence-electron chi connectivity index (χ0n) is 27.5. The van der Waals surface area contributed by atoms with Crippen LogP contribution in [0.3, 0.4) is 0 Å². The van der Waals surface area contributed by atoms with E-state index in [1.165, 1.54) is 0 Å². The Morgan fingerprint density at radius 2 is 0.453 bits per heavy atom. The second-order valence-electron chi connectivity index (χ2n) is 7.86. The third-order valence-corrected chi connectivity index (χ3v) is 4.30. The molecule has 321 valence electrons. The van der Waals surface area contributed by atoms with Crippen molar-refractivity contribution in [2.45, 2.75) is 0 Å². The van der Waals surface area contributed by atoms with Crippen LogP contribution in [-0.4, -0.2) is 178 Å². The summed E-state index contributed by atoms with van der Waals surface area (Å²) in [7, 11) is 0. The van der Waals surface area contributed by atoms with Crippen LogP contribution in [0.2, 0.25) is 0 Å². The first-order valence-corrected chi connectivity index (χ1v) is 10.9. The summed E-state index contributed by atoms with van der Waals surface area (Å²) < 4.78 is 0. The smallest absolute Gasteiger partial charge is 0.549 e. The summed E-state index contributed by atoms with van der Waals surface area (Å²) in [5, 5.41) is 79.7. The van der Waals surface area contributed by atoms with Gasteiger partial charge in [-0.3, -0.25) is 29.2 Å². The van der Waals surface area contributed by atoms with Crippen LogP contribution in [0.1, 0.15) is 0 Å². The maximum absolute atomic E-state index is 10.5. The topological polar surface area (TPSA) is 652 Å². The molecule has 0 aromatic carbocycles. The van der Waals surface area contributed by atoms with E-state index in [1.807, 2.05) is 0 Å². The molecule has 0 rings (SSSR count). The third-order valence-electron chi connectivity index (χ3n) is 4.30. The molecule has 0 aliphatic carbocycles. The van der Waals surface area contributed by atoms with Crippen LogP contribution in [0, 0.1) is 0 Å². The van der Waals surface area contributed by atoms with Gasteiger partial charge >= 0.3 is 63.1 Å². The molecule has 0 heterocycles. The number of carbonyl (C=O) groups is 8. The van der Waals surface area contributed by atoms with E-state index in [0.29, 0.717) is 0 Å². The van der Waals surface area contributed by atoms with E-state index < -0.39 is 100 Å². The Morgan fingerprint density at radius 3 is 0.547 bits per heavy atom. The van der Waals surface area contributed by atoms with Crippen LogP contribution in [-0.2, 0) is 122 Å². The summed E-state index contributed by atoms with van der Waals surface area (Å²) in [6.07, 6.45) is 0. The van der Waals surface area contributed by atoms with Crippen LogP contribution in [0.25, 0.3) is 0 Å². The molecule has 0 spiro atoms. The van der Waals surface area contributed by atoms with Crippen LogP contribution >= 0.6 is 0 Å². The van der Waals surface area contributed by atoms with Gasteiger partial charge in [0.25, 0.3) is 0 Å². The second kappa shape index (κ2) is 55.5. The molecule has 28 N–H and O–H groups in total. The molecule has 53 heavy (non-hydrogen) atoms. The van der Waals surface area contributed by atoms with Crippen molar-refractivity contribution < 1.29 is 185 Å². The summed E-state index contributed by atoms with van der Waals surface area (Å²) >= 11 is 0. The molecule has 1 radical (unpaired) electrons. The monoisotopic (exact) mass is 929 g/mol. The number of aliphatic carboxylic acids is 8. The van der Waals surface area contributed by atoms with Crippen LogP contribution in [0.15, 0.2) is 0 Å². The Balaban J connectivity index is -0.0000000337. The zero-order valence-corrected chi connectivity index (χ0v) is 31.0. The third kappa shape index (κ3) is 71.0. The van der Waals surface area contributed by atoms with Crippen molar-refractivity contribution in [3.63, 3.8) is 0 Å². The Kier molecular flexibility index (Phi) is 103. The fraction of sp³-hybridized carbons (Fsp3) is 0.600. The van der Waals surface area contributed by atoms with Crippen molar-refractivity contribution in [3.8, 4) is 0 Å². The first kappa shape index (κ1) is 97.9. The van der Waals surface area contributed by atoms with Crippen LogP contribution in [0.4, 0.5) is 0 Å². The standard InChI is InChI=1S/2C10H16N2O8.3Mn.10H2O/c2*13-7(14)3-11(4-8(15)16)1-2-12(5-9(17)18)6-10(19)20;;;;;;;;;;;;;/h2*1-6H2,(H,13,14)(H,15,16)(H,17,18)(H,19,20);;;;10*1H2/q;;+2;2*+3;;;;;;;;;;. The molecule has 0 saturated carbocycles. The van der Waals surface area contributed by atoms with E-state index >= 15 is 0 Å². The number of carbonyl (C=O) groups excluding carboxylic acids is 6. The second-order valence-corrected chi connectivity index (χ2v) is 7.86. The number of carboxylic acid groups (broad SMARTS) is 8. The first-order valence-electron chi connectivity index (χ1n) is 10.9. The SMILES string of the molecule is O.O.O.O.O=C([O-])CN(CCN(CC(=O)[O-])CC(=O)O)CC(=O)[O-].O=C([O-])CN(CCN(CC(=O)[O-])CC(=O)O)CC(=O)[O-].[Mn+2].[Mn+3].[Mn+3].[OH3+].[OH3+].[OH3+].[OH3+].[OH3+].[OH3+]. The molecule has 0 aliphatic heterocycles. The van der Waals surface area contributed by atoms with Gasteiger partial charge in [0.05, 0.1) is 48.9 Å². The number of nitrogens with zero attached hydrogens (tertiary/aromatic N) is 4. The first-order chi connectivity index (χ1) is 18.4. The molecule has 0 aliphatic rings. The van der Waals surface area contributed by atoms with Gasteiger partial charge in [0, 0.05) is 65.4 Å². The Morgan fingerprint density at radius 1 is 0.340 bits per heavy atom. The van der Waals surface area contributed by atoms with E-state index in [1.54, 1.807) is 0 Å². The minimum absolute atomic E-state index is 0. The molecule has 0 aromatic heterocycles. The van der Waals surface area contributed by atoms with Gasteiger partial charge in [0.2, 0.25) is 0 Å². The van der Waals surface area contributed by atoms with E-state index in [9.17, 15) is 69.0 Å². The molecule has 30 nitrogen and oxygen atoms in total. The van der Waals surface area contributed by atoms with Crippen molar-refractivity contribution in [1.29, 1.82) is 0 Å². The van der Waals surface area contributed by atoms with Gasteiger partial charge < -0.3 is 124 Å². The average molecular weight is 929 g/mol. The molecule has 0 amide bonds. The predicted molar refractivity (Wildman–Crippen MR) is 155 cm³/mol. The molecule has 0 aromatic rings. The van der Waals surface area contributed by atoms with Gasteiger partial charge in [-0.15, -0.1) is 0 Å². The molecule has 0 bridgehead atoms. The zero-order chi connectivity index (χ0) is 31.4. The summed E-state index contributed by atoms with van der Waals surface area (Å²) in [6, 6.07) is 0. The maximum Gasteiger partial charge on any atom is 3.00 e. The fourth-order valence-corrected chi connectivity index (χ4v) is 2.90. The van der Waals surface area contributed by atoms with Gasteiger partial charge in [0.1, 0.15) is 0 Å². The maximum atomic E-state index is 10.5. The molecular weight excluding hydrogens is 877 g/mol. The van der Waals surface area contributed by atoms with Gasteiger partial charge in [-0.1, -0.05) is 0 Å². The Labute approximate surface area is 330 Å². The Hall–Kier alpha value is -3.24. The van der Waals surface area contributed by atoms with Crippen LogP contribution in [0.5, 0.6) is 0 Å². The number of hydrogen-bond acceptors (Lipinski definition) is 18. The van der Waals surface area contributed by atoms with E-state index in [-0.39, 0.29) is 132 Å². The number of rotatable bonds is 22. The molecule has 0 unspecified atom stereocenters. The van der Waals surface area contributed by atoms with Gasteiger partial charge in [-0.05, 0) is 0 Å². The van der Waals surface area contributed by atoms with Crippen molar-refractivity contribution in [2.24, 2.45) is 0 Å². The quantitative estimate of drug-likeness (QED) is 0.0752. The van der Waals surface area contributed by atoms with E-state index in [0.717, 1.165) is 19.6 Å². The van der Waals surface area contributed by atoms with Gasteiger partial charge in [0.15, 0.2) is 0 Å². The number of hydrogen-bond donors (Lipinski definition) is 2. The van der Waals surface area contributed by atoms with E-state index in [2.05, 4.69) is 0 Å². The molecule has 33 heteroatoms. The van der Waals surface area contributed by atoms with Gasteiger partial charge in [-0.2, -0.15) is 0 Å². The van der Waals surface area contributed by atoms with E-state index in [4.69, 9.17) is 10.2 Å². The summed E-state index contributed by atoms with van der Waals surface area (Å²) in [4.78, 5) is 87.3. The largest absolute Gasteiger partial charge is 3.00 e. The van der Waals surface area contributed by atoms with Crippen molar-refractivity contribution in [2.75, 3.05) is 78.5 Å². The summed E-state index contributed by atoms with van der Waals surface area (Å²) in [5.41, 5.74) is 0. The minimum atomic E-state index is -1.52. The molecular formula is C20H52Mn3N4O26+8. The normalized spacial score (nSPS) is 8.08. The van der Waals surface area contributed by atoms with Crippen molar-refractivity contribution in [3.05, 3.63) is 0 Å². The minimum Gasteiger partial charge on any atom is -0.549 e. The predicted octanol–water partition coefficient (Wildman–Crippen LogP) is -21.0. The summed E-state index contributed by atoms with van der Waals surface area (Å²) in [5.74, 6) is -11.6. The molecule has 0 saturated heterocycles. The molecule has 0 atom stereocenters. The Bertz CT molecular complexity index is 731.